The van der Waals surface area contributed by atoms with Crippen molar-refractivity contribution in [1.82, 2.24) is 0 Å². The number of anilines is 5. The van der Waals surface area contributed by atoms with Crippen LogP contribution in [-0.2, 0) is 6.42 Å². The molecule has 2 aliphatic carbocycles. The third kappa shape index (κ3) is 6.61. The molecule has 2 aliphatic rings. The van der Waals surface area contributed by atoms with Crippen LogP contribution in [0.5, 0.6) is 0 Å². The normalized spacial score (nSPS) is 13.5. The van der Waals surface area contributed by atoms with Crippen LogP contribution < -0.4 is 9.80 Å². The lowest BCUT2D eigenvalue weighted by Crippen LogP contribution is -2.17. The molecular formula is C67H48N2O2. The van der Waals surface area contributed by atoms with E-state index in [0.717, 1.165) is 110 Å². The minimum Gasteiger partial charge on any atom is -0.456 e. The predicted molar refractivity (Wildman–Crippen MR) is 298 cm³/mol. The molecule has 2 aromatic heterocycles. The van der Waals surface area contributed by atoms with E-state index in [-0.39, 0.29) is 0 Å². The molecule has 12 aromatic rings. The quantitative estimate of drug-likeness (QED) is 0.112. The summed E-state index contributed by atoms with van der Waals surface area (Å²) in [6.07, 6.45) is 11.2. The van der Waals surface area contributed by atoms with Gasteiger partial charge >= 0.3 is 0 Å². The van der Waals surface area contributed by atoms with Crippen LogP contribution in [0.3, 0.4) is 0 Å². The second-order valence-electron chi connectivity index (χ2n) is 19.2. The van der Waals surface area contributed by atoms with E-state index in [0.29, 0.717) is 6.42 Å². The van der Waals surface area contributed by atoms with Gasteiger partial charge in [0.05, 0.1) is 11.4 Å². The van der Waals surface area contributed by atoms with Crippen molar-refractivity contribution in [1.29, 1.82) is 0 Å². The Hall–Kier alpha value is -8.78. The third-order valence-electron chi connectivity index (χ3n) is 15.1. The molecule has 338 valence electrons. The van der Waals surface area contributed by atoms with Crippen LogP contribution in [0.4, 0.5) is 28.4 Å². The van der Waals surface area contributed by atoms with Crippen molar-refractivity contribution >= 4 is 99.7 Å². The molecule has 0 unspecified atom stereocenters. The molecule has 4 nitrogen and oxygen atoms in total. The minimum atomic E-state index is 0.672. The molecule has 0 fully saturated rings. The molecular weight excluding hydrogens is 865 g/mol. The first-order valence-corrected chi connectivity index (χ1v) is 24.9. The van der Waals surface area contributed by atoms with E-state index in [2.05, 4.69) is 224 Å². The number of hydrogen-bond donors (Lipinski definition) is 0. The predicted octanol–water partition coefficient (Wildman–Crippen LogP) is 18.8. The number of nitrogens with zero attached hydrogens (tertiary/aromatic N) is 2. The lowest BCUT2D eigenvalue weighted by Gasteiger charge is -2.31. The van der Waals surface area contributed by atoms with Gasteiger partial charge in [0.1, 0.15) is 22.5 Å². The summed E-state index contributed by atoms with van der Waals surface area (Å²) in [4.78, 5) is 4.91. The van der Waals surface area contributed by atoms with E-state index in [1.54, 1.807) is 0 Å². The number of aryl methyl sites for hydroxylation is 3. The van der Waals surface area contributed by atoms with Gasteiger partial charge in [0, 0.05) is 79.2 Å². The lowest BCUT2D eigenvalue weighted by atomic mass is 9.88. The molecule has 2 heterocycles. The van der Waals surface area contributed by atoms with E-state index in [9.17, 15) is 0 Å². The molecule has 0 amide bonds. The second kappa shape index (κ2) is 16.4. The summed E-state index contributed by atoms with van der Waals surface area (Å²) >= 11 is 0. The molecule has 14 rings (SSSR count). The van der Waals surface area contributed by atoms with Crippen LogP contribution in [0.1, 0.15) is 48.1 Å². The van der Waals surface area contributed by atoms with Crippen LogP contribution in [0.2, 0.25) is 0 Å². The van der Waals surface area contributed by atoms with Crippen LogP contribution >= 0.6 is 0 Å². The Morgan fingerprint density at radius 1 is 0.465 bits per heavy atom. The Kier molecular flexibility index (Phi) is 9.54. The monoisotopic (exact) mass is 912 g/mol. The topological polar surface area (TPSA) is 32.8 Å². The molecule has 0 N–H and O–H groups in total. The third-order valence-corrected chi connectivity index (χ3v) is 15.1. The number of rotatable bonds is 8. The second-order valence-corrected chi connectivity index (χ2v) is 19.2. The maximum Gasteiger partial charge on any atom is 0.143 e. The number of benzene rings is 10. The fourth-order valence-electron chi connectivity index (χ4n) is 11.7. The zero-order valence-corrected chi connectivity index (χ0v) is 39.7. The van der Waals surface area contributed by atoms with Crippen molar-refractivity contribution in [3.05, 3.63) is 216 Å². The summed E-state index contributed by atoms with van der Waals surface area (Å²) in [6, 6.07) is 64.4. The summed E-state index contributed by atoms with van der Waals surface area (Å²) in [5.74, 6) is 7.90. The average Bonchev–Trinajstić information content (AvgIpc) is 3.88. The Bertz CT molecular complexity index is 4210. The zero-order valence-electron chi connectivity index (χ0n) is 39.7. The highest BCUT2D eigenvalue weighted by Crippen LogP contribution is 2.50. The summed E-state index contributed by atoms with van der Waals surface area (Å²) in [7, 11) is 0. The van der Waals surface area contributed by atoms with Crippen molar-refractivity contribution in [2.75, 3.05) is 9.80 Å². The smallest absolute Gasteiger partial charge is 0.143 e. The van der Waals surface area contributed by atoms with Crippen molar-refractivity contribution in [2.45, 2.75) is 46.0 Å². The Morgan fingerprint density at radius 3 is 1.75 bits per heavy atom. The molecule has 0 radical (unpaired) electrons. The van der Waals surface area contributed by atoms with Crippen molar-refractivity contribution in [3.63, 3.8) is 0 Å². The molecule has 0 saturated carbocycles. The van der Waals surface area contributed by atoms with Crippen molar-refractivity contribution < 1.29 is 8.83 Å². The first kappa shape index (κ1) is 41.2. The van der Waals surface area contributed by atoms with Gasteiger partial charge in [0.25, 0.3) is 0 Å². The number of hydrogen-bond acceptors (Lipinski definition) is 4. The van der Waals surface area contributed by atoms with Gasteiger partial charge in [-0.15, -0.1) is 5.92 Å². The van der Waals surface area contributed by atoms with Gasteiger partial charge in [-0.05, 0) is 138 Å². The largest absolute Gasteiger partial charge is 0.456 e. The summed E-state index contributed by atoms with van der Waals surface area (Å²) in [5.41, 5.74) is 17.8. The number of fused-ring (bicyclic) bond motifs is 6. The Labute approximate surface area is 412 Å². The van der Waals surface area contributed by atoms with E-state index in [4.69, 9.17) is 8.83 Å². The van der Waals surface area contributed by atoms with Gasteiger partial charge in [-0.25, -0.2) is 0 Å². The number of allylic oxidation sites excluding steroid dienone is 3. The standard InChI is InChI=1S/C67H48N2O2/c1-42-40-60(68(46-16-6-3-4-7-17-46)48-32-28-44(29-33-48)52-22-14-24-56-54-20-10-12-26-62(54)70-66(52)56)58-38-36-51-43(2)41-61(59-39-37-50(42)64(58)65(51)59)69(47-18-8-5-9-19-47)49-34-30-45(31-35-49)53-23-15-25-57-55-21-11-13-27-63(55)71-67(53)57/h5,8-10,12-16,18-20,22-41H,3,6,11,17,21H2,1-2H3. The van der Waals surface area contributed by atoms with Crippen LogP contribution in [0.15, 0.2) is 203 Å². The molecule has 0 atom stereocenters. The van der Waals surface area contributed by atoms with Gasteiger partial charge < -0.3 is 18.6 Å². The first-order chi connectivity index (χ1) is 35.1. The Balaban J connectivity index is 0.924. The van der Waals surface area contributed by atoms with Gasteiger partial charge in [0.2, 0.25) is 0 Å². The van der Waals surface area contributed by atoms with Crippen molar-refractivity contribution in [3.8, 4) is 34.1 Å². The fourth-order valence-corrected chi connectivity index (χ4v) is 11.7. The maximum absolute atomic E-state index is 6.54. The Morgan fingerprint density at radius 2 is 1.04 bits per heavy atom. The van der Waals surface area contributed by atoms with E-state index in [1.165, 1.54) is 60.1 Å². The van der Waals surface area contributed by atoms with Crippen LogP contribution in [0, 0.1) is 25.7 Å². The van der Waals surface area contributed by atoms with Crippen LogP contribution in [-0.4, -0.2) is 0 Å². The van der Waals surface area contributed by atoms with E-state index in [1.807, 2.05) is 6.07 Å². The summed E-state index contributed by atoms with van der Waals surface area (Å²) in [5, 5.41) is 11.0. The highest BCUT2D eigenvalue weighted by atomic mass is 16.3. The SMILES string of the molecule is Cc1cc(N(C2=CCCC#CC2)c2ccc(-c3cccc4c3oc3ccccc34)cc2)c2ccc3c(C)cc(N(c4ccccc4)c4ccc(-c5cccc6c7c(oc56)C=CCC7)cc4)c4ccc1c2c34. The molecule has 0 aliphatic heterocycles. The number of para-hydroxylation sites is 4. The molecule has 10 aromatic carbocycles. The molecule has 71 heavy (non-hydrogen) atoms. The fraction of sp³-hybridized carbons (Fsp3) is 0.104. The average molecular weight is 913 g/mol. The highest BCUT2D eigenvalue weighted by molar-refractivity contribution is 6.29. The molecule has 4 heteroatoms. The molecule has 0 saturated heterocycles. The van der Waals surface area contributed by atoms with Crippen molar-refractivity contribution in [2.24, 2.45) is 0 Å². The van der Waals surface area contributed by atoms with Gasteiger partial charge in [0.15, 0.2) is 0 Å². The first-order valence-electron chi connectivity index (χ1n) is 24.9. The maximum atomic E-state index is 6.54. The highest BCUT2D eigenvalue weighted by Gasteiger charge is 2.25. The van der Waals surface area contributed by atoms with Crippen LogP contribution in [0.25, 0.3) is 93.6 Å². The van der Waals surface area contributed by atoms with E-state index < -0.39 is 0 Å². The summed E-state index contributed by atoms with van der Waals surface area (Å²) < 4.78 is 13.0. The molecule has 0 bridgehead atoms. The number of furan rings is 2. The van der Waals surface area contributed by atoms with Gasteiger partial charge in [-0.1, -0.05) is 139 Å². The zero-order chi connectivity index (χ0) is 47.2. The lowest BCUT2D eigenvalue weighted by molar-refractivity contribution is 0.596. The van der Waals surface area contributed by atoms with E-state index >= 15 is 0 Å². The minimum absolute atomic E-state index is 0.672. The van der Waals surface area contributed by atoms with Gasteiger partial charge in [-0.3, -0.25) is 0 Å². The summed E-state index contributed by atoms with van der Waals surface area (Å²) in [6.45, 7) is 4.54. The van der Waals surface area contributed by atoms with Gasteiger partial charge in [-0.2, -0.15) is 0 Å². The molecule has 0 spiro atoms.